The maximum absolute atomic E-state index is 12.1. The van der Waals surface area contributed by atoms with Gasteiger partial charge in [0.05, 0.1) is 13.1 Å². The number of tetrazole rings is 1. The van der Waals surface area contributed by atoms with Gasteiger partial charge in [-0.3, -0.25) is 0 Å². The Morgan fingerprint density at radius 1 is 1.39 bits per heavy atom. The van der Waals surface area contributed by atoms with Crippen LogP contribution >= 0.6 is 22.6 Å². The molecule has 0 unspecified atom stereocenters. The zero-order chi connectivity index (χ0) is 17.3. The van der Waals surface area contributed by atoms with E-state index in [9.17, 15) is 4.79 Å². The molecule has 0 spiro atoms. The molecule has 118 valence electrons. The number of ether oxygens (including phenoxy) is 1. The molecule has 1 aromatic carbocycles. The summed E-state index contributed by atoms with van der Waals surface area (Å²) in [6.07, 6.45) is 1.59. The Balaban J connectivity index is 1.96. The van der Waals surface area contributed by atoms with Gasteiger partial charge in [-0.15, -0.1) is 9.78 Å². The summed E-state index contributed by atoms with van der Waals surface area (Å²) >= 11 is 2.11. The van der Waals surface area contributed by atoms with Crippen molar-refractivity contribution in [2.75, 3.05) is 0 Å². The maximum atomic E-state index is 12.1. The standard InChI is InChI=1S/C14H13IN6O2/c1-9-5-3-4-6-12(9)23-8-10-11(15)7-16-17-13(10)21-14(22)20(2)18-19-21/h3-7H,8H2,1-2H3/i3T. The van der Waals surface area contributed by atoms with E-state index in [4.69, 9.17) is 6.11 Å². The molecule has 3 rings (SSSR count). The van der Waals surface area contributed by atoms with E-state index < -0.39 is 5.69 Å². The Hall–Kier alpha value is -2.30. The highest BCUT2D eigenvalue weighted by Crippen LogP contribution is 2.21. The number of nitrogens with zero attached hydrogens (tertiary/aromatic N) is 6. The minimum atomic E-state index is -0.415. The molecule has 0 radical (unpaired) electrons. The van der Waals surface area contributed by atoms with Gasteiger partial charge in [-0.1, -0.05) is 18.2 Å². The van der Waals surface area contributed by atoms with Crippen LogP contribution in [0.3, 0.4) is 0 Å². The number of para-hydroxylation sites is 1. The van der Waals surface area contributed by atoms with Gasteiger partial charge in [0.1, 0.15) is 12.4 Å². The molecule has 0 N–H and O–H groups in total. The van der Waals surface area contributed by atoms with Crippen molar-refractivity contribution < 1.29 is 6.11 Å². The molecule has 2 heterocycles. The van der Waals surface area contributed by atoms with Crippen molar-refractivity contribution in [1.29, 1.82) is 0 Å². The first-order chi connectivity index (χ1) is 11.5. The smallest absolute Gasteiger partial charge is 0.369 e. The second-order valence-electron chi connectivity index (χ2n) is 4.77. The van der Waals surface area contributed by atoms with Crippen LogP contribution in [-0.2, 0) is 13.7 Å². The molecule has 0 aliphatic carbocycles. The van der Waals surface area contributed by atoms with Crippen LogP contribution in [0.1, 0.15) is 12.5 Å². The van der Waals surface area contributed by atoms with Crippen LogP contribution in [-0.4, -0.2) is 30.0 Å². The van der Waals surface area contributed by atoms with Crippen LogP contribution < -0.4 is 10.4 Å². The Bertz CT molecular complexity index is 955. The van der Waals surface area contributed by atoms with Gasteiger partial charge in [-0.05, 0) is 51.6 Å². The van der Waals surface area contributed by atoms with Crippen LogP contribution in [0, 0.1) is 10.5 Å². The number of aryl methyl sites for hydroxylation is 2. The fourth-order valence-corrected chi connectivity index (χ4v) is 2.46. The van der Waals surface area contributed by atoms with Crippen molar-refractivity contribution in [3.8, 4) is 11.6 Å². The molecule has 0 amide bonds. The minimum Gasteiger partial charge on any atom is -0.488 e. The molecule has 9 heteroatoms. The van der Waals surface area contributed by atoms with Crippen LogP contribution in [0.2, 0.25) is 0 Å². The first kappa shape index (κ1) is 14.3. The lowest BCUT2D eigenvalue weighted by molar-refractivity contribution is 0.301. The molecule has 0 aliphatic rings. The van der Waals surface area contributed by atoms with Crippen molar-refractivity contribution in [1.82, 2.24) is 30.0 Å². The maximum Gasteiger partial charge on any atom is 0.369 e. The SMILES string of the molecule is [3H]c1ccc(OCc2c(I)cnnc2-n2nnn(C)c2=O)c(C)c1. The molecule has 2 aromatic heterocycles. The Morgan fingerprint density at radius 3 is 2.91 bits per heavy atom. The summed E-state index contributed by atoms with van der Waals surface area (Å²) < 4.78 is 16.4. The van der Waals surface area contributed by atoms with Crippen LogP contribution in [0.5, 0.6) is 5.75 Å². The number of hydrogen-bond donors (Lipinski definition) is 0. The summed E-state index contributed by atoms with van der Waals surface area (Å²) in [7, 11) is 1.51. The lowest BCUT2D eigenvalue weighted by Crippen LogP contribution is -2.24. The molecular formula is C14H13IN6O2. The van der Waals surface area contributed by atoms with E-state index in [-0.39, 0.29) is 12.4 Å². The lowest BCUT2D eigenvalue weighted by Gasteiger charge is -2.12. The summed E-state index contributed by atoms with van der Waals surface area (Å²) in [5, 5.41) is 15.4. The number of benzene rings is 1. The van der Waals surface area contributed by atoms with Crippen molar-refractivity contribution >= 4 is 22.6 Å². The van der Waals surface area contributed by atoms with Crippen molar-refractivity contribution in [3.63, 3.8) is 0 Å². The largest absolute Gasteiger partial charge is 0.488 e. The molecule has 0 fully saturated rings. The average Bonchev–Trinajstić information content (AvgIpc) is 2.87. The summed E-state index contributed by atoms with van der Waals surface area (Å²) in [4.78, 5) is 12.1. The first-order valence-electron chi connectivity index (χ1n) is 7.17. The minimum absolute atomic E-state index is 0.185. The van der Waals surface area contributed by atoms with E-state index in [2.05, 4.69) is 43.2 Å². The van der Waals surface area contributed by atoms with Crippen LogP contribution in [0.15, 0.2) is 35.2 Å². The van der Waals surface area contributed by atoms with Gasteiger partial charge in [0, 0.05) is 10.6 Å². The monoisotopic (exact) mass is 426 g/mol. The van der Waals surface area contributed by atoms with E-state index >= 15 is 0 Å². The molecule has 0 saturated heterocycles. The highest BCUT2D eigenvalue weighted by molar-refractivity contribution is 14.1. The summed E-state index contributed by atoms with van der Waals surface area (Å²) in [6, 6.07) is 5.55. The second kappa shape index (κ2) is 6.44. The van der Waals surface area contributed by atoms with Gasteiger partial charge in [0.2, 0.25) is 0 Å². The molecule has 0 bridgehead atoms. The highest BCUT2D eigenvalue weighted by Gasteiger charge is 2.17. The summed E-state index contributed by atoms with van der Waals surface area (Å²) in [5.74, 6) is 0.950. The Kier molecular flexibility index (Phi) is 4.01. The molecule has 8 nitrogen and oxygen atoms in total. The van der Waals surface area contributed by atoms with Crippen molar-refractivity contribution in [2.45, 2.75) is 13.5 Å². The molecule has 3 aromatic rings. The van der Waals surface area contributed by atoms with E-state index in [0.717, 1.165) is 18.5 Å². The molecule has 0 atom stereocenters. The normalized spacial score (nSPS) is 11.3. The molecule has 23 heavy (non-hydrogen) atoms. The van der Waals surface area contributed by atoms with Crippen molar-refractivity contribution in [2.24, 2.45) is 7.05 Å². The number of halogens is 1. The van der Waals surface area contributed by atoms with E-state index in [1.165, 1.54) is 7.05 Å². The lowest BCUT2D eigenvalue weighted by atomic mass is 10.2. The highest BCUT2D eigenvalue weighted by atomic mass is 127. The summed E-state index contributed by atoms with van der Waals surface area (Å²) in [6.45, 7) is 2.06. The number of aromatic nitrogens is 6. The van der Waals surface area contributed by atoms with Gasteiger partial charge < -0.3 is 4.74 Å². The third-order valence-electron chi connectivity index (χ3n) is 3.20. The third-order valence-corrected chi connectivity index (χ3v) is 4.13. The molecule has 0 saturated carbocycles. The van der Waals surface area contributed by atoms with Crippen LogP contribution in [0.25, 0.3) is 5.82 Å². The zero-order valence-electron chi connectivity index (χ0n) is 13.4. The van der Waals surface area contributed by atoms with Crippen LogP contribution in [0.4, 0.5) is 0 Å². The van der Waals surface area contributed by atoms with Gasteiger partial charge in [0.15, 0.2) is 5.82 Å². The van der Waals surface area contributed by atoms with E-state index in [1.54, 1.807) is 24.4 Å². The fraction of sp³-hybridized carbons (Fsp3) is 0.214. The predicted molar refractivity (Wildman–Crippen MR) is 90.4 cm³/mol. The Morgan fingerprint density at radius 2 is 2.22 bits per heavy atom. The summed E-state index contributed by atoms with van der Waals surface area (Å²) in [5.41, 5.74) is 1.13. The first-order valence-corrected chi connectivity index (χ1v) is 7.74. The fourth-order valence-electron chi connectivity index (χ4n) is 1.94. The van der Waals surface area contributed by atoms with E-state index in [1.807, 2.05) is 6.92 Å². The molecular weight excluding hydrogens is 411 g/mol. The molecule has 0 aliphatic heterocycles. The van der Waals surface area contributed by atoms with Gasteiger partial charge in [-0.25, -0.2) is 4.79 Å². The average molecular weight is 426 g/mol. The number of rotatable bonds is 4. The van der Waals surface area contributed by atoms with Crippen molar-refractivity contribution in [3.05, 3.63) is 55.6 Å². The third kappa shape index (κ3) is 3.09. The zero-order valence-corrected chi connectivity index (χ0v) is 14.6. The predicted octanol–water partition coefficient (Wildman–Crippen LogP) is 1.25. The van der Waals surface area contributed by atoms with Gasteiger partial charge in [-0.2, -0.15) is 9.78 Å². The van der Waals surface area contributed by atoms with Gasteiger partial charge in [0.25, 0.3) is 0 Å². The van der Waals surface area contributed by atoms with E-state index in [0.29, 0.717) is 17.4 Å². The van der Waals surface area contributed by atoms with Gasteiger partial charge >= 0.3 is 5.69 Å². The topological polar surface area (TPSA) is 87.7 Å². The second-order valence-corrected chi connectivity index (χ2v) is 5.93. The number of hydrogen-bond acceptors (Lipinski definition) is 6. The quantitative estimate of drug-likeness (QED) is 0.584. The Labute approximate surface area is 146 Å².